The predicted molar refractivity (Wildman–Crippen MR) is 92.5 cm³/mol. The highest BCUT2D eigenvalue weighted by molar-refractivity contribution is 7.86. The van der Waals surface area contributed by atoms with Crippen LogP contribution in [0.1, 0.15) is 10.4 Å². The molecule has 27 heavy (non-hydrogen) atoms. The van der Waals surface area contributed by atoms with Gasteiger partial charge in [0.25, 0.3) is 26.1 Å². The van der Waals surface area contributed by atoms with Gasteiger partial charge in [-0.2, -0.15) is 16.8 Å². The van der Waals surface area contributed by atoms with Crippen LogP contribution < -0.4 is 10.1 Å². The molecule has 152 valence electrons. The molecule has 0 saturated heterocycles. The van der Waals surface area contributed by atoms with Crippen LogP contribution in [-0.4, -0.2) is 66.5 Å². The first kappa shape index (κ1) is 22.8. The van der Waals surface area contributed by atoms with Gasteiger partial charge in [0.2, 0.25) is 0 Å². The molecule has 12 nitrogen and oxygen atoms in total. The molecule has 1 N–H and O–H groups in total. The number of carbonyl (C=O) groups is 1. The van der Waals surface area contributed by atoms with Crippen molar-refractivity contribution in [3.63, 3.8) is 0 Å². The molecule has 0 fully saturated rings. The lowest BCUT2D eigenvalue weighted by atomic mass is 10.1. The van der Waals surface area contributed by atoms with Gasteiger partial charge in [0.1, 0.15) is 0 Å². The second-order valence-corrected chi connectivity index (χ2v) is 8.58. The number of nitro groups is 1. The lowest BCUT2D eigenvalue weighted by Crippen LogP contribution is -2.42. The lowest BCUT2D eigenvalue weighted by Gasteiger charge is -2.18. The van der Waals surface area contributed by atoms with E-state index in [1.807, 2.05) is 0 Å². The highest BCUT2D eigenvalue weighted by atomic mass is 32.2. The molecule has 0 bridgehead atoms. The molecule has 0 atom stereocenters. The Kier molecular flexibility index (Phi) is 7.65. The van der Waals surface area contributed by atoms with Crippen molar-refractivity contribution in [2.45, 2.75) is 6.04 Å². The number of nitro benzene ring substituents is 1. The smallest absolute Gasteiger partial charge is 0.310 e. The second kappa shape index (κ2) is 9.07. The molecule has 1 rings (SSSR count). The molecule has 1 amide bonds. The third-order valence-electron chi connectivity index (χ3n) is 2.94. The quantitative estimate of drug-likeness (QED) is 0.296. The topological polar surface area (TPSA) is 168 Å². The highest BCUT2D eigenvalue weighted by Gasteiger charge is 2.21. The number of methoxy groups -OCH3 is 1. The Morgan fingerprint density at radius 3 is 2.07 bits per heavy atom. The Balaban J connectivity index is 2.98. The molecular weight excluding hydrogens is 408 g/mol. The van der Waals surface area contributed by atoms with Gasteiger partial charge in [0, 0.05) is 17.7 Å². The van der Waals surface area contributed by atoms with Crippen LogP contribution in [-0.2, 0) is 28.6 Å². The lowest BCUT2D eigenvalue weighted by molar-refractivity contribution is -0.385. The summed E-state index contributed by atoms with van der Waals surface area (Å²) in [5.41, 5.74) is -0.396. The Hall–Kier alpha value is -2.29. The van der Waals surface area contributed by atoms with Crippen molar-refractivity contribution in [2.24, 2.45) is 0 Å². The van der Waals surface area contributed by atoms with Gasteiger partial charge in [-0.1, -0.05) is 0 Å². The molecule has 0 unspecified atom stereocenters. The maximum absolute atomic E-state index is 12.3. The van der Waals surface area contributed by atoms with Crippen LogP contribution in [0.25, 0.3) is 0 Å². The van der Waals surface area contributed by atoms with Crippen LogP contribution in [0.4, 0.5) is 5.69 Å². The molecule has 0 aromatic heterocycles. The standard InChI is InChI=1S/C13H18N2O10S2/c1-23-12-6-9(4-5-11(12)15(17)18)13(16)14-10(7-24-26(2,19)20)8-25-27(3,21)22/h4-6,10H,7-8H2,1-3H3,(H,14,16). The fraction of sp³-hybridized carbons (Fsp3) is 0.462. The summed E-state index contributed by atoms with van der Waals surface area (Å²) >= 11 is 0. The van der Waals surface area contributed by atoms with Crippen molar-refractivity contribution in [1.82, 2.24) is 5.32 Å². The van der Waals surface area contributed by atoms with E-state index in [9.17, 15) is 31.7 Å². The van der Waals surface area contributed by atoms with E-state index in [-0.39, 0.29) is 17.0 Å². The first-order chi connectivity index (χ1) is 12.3. The van der Waals surface area contributed by atoms with Crippen molar-refractivity contribution >= 4 is 31.8 Å². The zero-order valence-corrected chi connectivity index (χ0v) is 16.2. The van der Waals surface area contributed by atoms with Crippen molar-refractivity contribution in [1.29, 1.82) is 0 Å². The van der Waals surface area contributed by atoms with Gasteiger partial charge in [0.15, 0.2) is 5.75 Å². The van der Waals surface area contributed by atoms with Crippen LogP contribution in [0.5, 0.6) is 5.75 Å². The average molecular weight is 426 g/mol. The maximum atomic E-state index is 12.3. The highest BCUT2D eigenvalue weighted by Crippen LogP contribution is 2.27. The molecule has 0 aliphatic heterocycles. The molecule has 14 heteroatoms. The van der Waals surface area contributed by atoms with E-state index in [1.165, 1.54) is 7.11 Å². The number of nitrogens with one attached hydrogen (secondary N) is 1. The third-order valence-corrected chi connectivity index (χ3v) is 4.07. The summed E-state index contributed by atoms with van der Waals surface area (Å²) in [5, 5.41) is 13.2. The summed E-state index contributed by atoms with van der Waals surface area (Å²) in [6.07, 6.45) is 1.56. The van der Waals surface area contributed by atoms with E-state index in [2.05, 4.69) is 13.7 Å². The normalized spacial score (nSPS) is 12.0. The van der Waals surface area contributed by atoms with Crippen LogP contribution in [0.3, 0.4) is 0 Å². The van der Waals surface area contributed by atoms with Gasteiger partial charge >= 0.3 is 5.69 Å². The van der Waals surface area contributed by atoms with Gasteiger partial charge in [-0.25, -0.2) is 0 Å². The number of carbonyl (C=O) groups excluding carboxylic acids is 1. The number of hydrogen-bond donors (Lipinski definition) is 1. The molecule has 0 spiro atoms. The van der Waals surface area contributed by atoms with Gasteiger partial charge in [-0.15, -0.1) is 0 Å². The van der Waals surface area contributed by atoms with Gasteiger partial charge in [-0.05, 0) is 6.07 Å². The van der Waals surface area contributed by atoms with Crippen LogP contribution in [0.2, 0.25) is 0 Å². The number of amides is 1. The molecule has 0 aliphatic carbocycles. The Morgan fingerprint density at radius 1 is 1.15 bits per heavy atom. The molecule has 0 saturated carbocycles. The SMILES string of the molecule is COc1cc(C(=O)NC(COS(C)(=O)=O)COS(C)(=O)=O)ccc1[N+](=O)[O-]. The third kappa shape index (κ3) is 8.29. The van der Waals surface area contributed by atoms with Crippen molar-refractivity contribution in [3.8, 4) is 5.75 Å². The Morgan fingerprint density at radius 2 is 1.67 bits per heavy atom. The minimum atomic E-state index is -3.85. The molecular formula is C13H18N2O10S2. The van der Waals surface area contributed by atoms with E-state index in [4.69, 9.17) is 4.74 Å². The first-order valence-electron chi connectivity index (χ1n) is 7.14. The van der Waals surface area contributed by atoms with E-state index >= 15 is 0 Å². The Labute approximate surface area is 155 Å². The molecule has 0 heterocycles. The number of hydrogen-bond acceptors (Lipinski definition) is 10. The summed E-state index contributed by atoms with van der Waals surface area (Å²) in [5.74, 6) is -0.939. The van der Waals surface area contributed by atoms with E-state index in [1.54, 1.807) is 0 Å². The van der Waals surface area contributed by atoms with Gasteiger partial charge in [-0.3, -0.25) is 23.3 Å². The molecule has 1 aromatic carbocycles. The van der Waals surface area contributed by atoms with Gasteiger partial charge < -0.3 is 10.1 Å². The number of nitrogens with zero attached hydrogens (tertiary/aromatic N) is 1. The van der Waals surface area contributed by atoms with Crippen LogP contribution in [0.15, 0.2) is 18.2 Å². The summed E-state index contributed by atoms with van der Waals surface area (Å²) < 4.78 is 58.4. The second-order valence-electron chi connectivity index (χ2n) is 5.29. The number of ether oxygens (including phenoxy) is 1. The predicted octanol–water partition coefficient (Wildman–Crippen LogP) is -0.346. The molecule has 0 aliphatic rings. The zero-order valence-electron chi connectivity index (χ0n) is 14.6. The summed E-state index contributed by atoms with van der Waals surface area (Å²) in [7, 11) is -6.51. The van der Waals surface area contributed by atoms with Gasteiger partial charge in [0.05, 0.1) is 43.8 Å². The summed E-state index contributed by atoms with van der Waals surface area (Å²) in [6, 6.07) is 2.19. The minimum absolute atomic E-state index is 0.0406. The van der Waals surface area contributed by atoms with E-state index in [0.717, 1.165) is 30.7 Å². The molecule has 0 radical (unpaired) electrons. The summed E-state index contributed by atoms with van der Waals surface area (Å²) in [6.45, 7) is -1.16. The summed E-state index contributed by atoms with van der Waals surface area (Å²) in [4.78, 5) is 22.5. The number of rotatable bonds is 10. The van der Waals surface area contributed by atoms with Crippen LogP contribution in [0, 0.1) is 10.1 Å². The van der Waals surface area contributed by atoms with E-state index in [0.29, 0.717) is 0 Å². The van der Waals surface area contributed by atoms with Crippen molar-refractivity contribution in [2.75, 3.05) is 32.8 Å². The molecule has 1 aromatic rings. The largest absolute Gasteiger partial charge is 0.490 e. The monoisotopic (exact) mass is 426 g/mol. The minimum Gasteiger partial charge on any atom is -0.490 e. The van der Waals surface area contributed by atoms with Crippen molar-refractivity contribution in [3.05, 3.63) is 33.9 Å². The maximum Gasteiger partial charge on any atom is 0.310 e. The van der Waals surface area contributed by atoms with E-state index < -0.39 is 50.3 Å². The first-order valence-corrected chi connectivity index (χ1v) is 10.8. The average Bonchev–Trinajstić information content (AvgIpc) is 2.54. The Bertz CT molecular complexity index is 875. The number of benzene rings is 1. The zero-order chi connectivity index (χ0) is 20.8. The van der Waals surface area contributed by atoms with Crippen LogP contribution >= 0.6 is 0 Å². The fourth-order valence-corrected chi connectivity index (χ4v) is 2.60. The fourth-order valence-electron chi connectivity index (χ4n) is 1.78. The van der Waals surface area contributed by atoms with Crippen molar-refractivity contribution < 1.29 is 39.7 Å².